The van der Waals surface area contributed by atoms with E-state index < -0.39 is 0 Å². The molecule has 2 aromatic carbocycles. The maximum atomic E-state index is 10.6. The molecule has 5 heteroatoms. The Morgan fingerprint density at radius 1 is 1.13 bits per heavy atom. The van der Waals surface area contributed by atoms with Crippen molar-refractivity contribution in [2.45, 2.75) is 58.4 Å². The summed E-state index contributed by atoms with van der Waals surface area (Å²) in [5.41, 5.74) is 4.84. The number of aromatic nitrogens is 2. The van der Waals surface area contributed by atoms with E-state index in [4.69, 9.17) is 14.4 Å². The Hall–Kier alpha value is -3.08. The van der Waals surface area contributed by atoms with Crippen LogP contribution in [0.25, 0.3) is 22.0 Å². The Balaban J connectivity index is 1.59. The highest BCUT2D eigenvalue weighted by Crippen LogP contribution is 2.37. The molecule has 1 N–H and O–H groups in total. The third-order valence-corrected chi connectivity index (χ3v) is 6.07. The van der Waals surface area contributed by atoms with Gasteiger partial charge in [0.1, 0.15) is 17.1 Å². The van der Waals surface area contributed by atoms with E-state index in [-0.39, 0.29) is 5.75 Å². The summed E-state index contributed by atoms with van der Waals surface area (Å²) in [4.78, 5) is 9.51. The van der Waals surface area contributed by atoms with Crippen LogP contribution in [0.15, 0.2) is 45.8 Å². The first kappa shape index (κ1) is 18.9. The molecule has 0 saturated carbocycles. The van der Waals surface area contributed by atoms with Crippen molar-refractivity contribution >= 4 is 34.2 Å². The van der Waals surface area contributed by atoms with Gasteiger partial charge < -0.3 is 14.1 Å². The molecule has 30 heavy (non-hydrogen) atoms. The monoisotopic (exact) mass is 401 g/mol. The molecule has 0 atom stereocenters. The molecule has 5 nitrogen and oxygen atoms in total. The van der Waals surface area contributed by atoms with Gasteiger partial charge in [0.25, 0.3) is 0 Å². The number of phenolic OH excluding ortho intramolecular Hbond substituents is 1. The molecule has 1 aliphatic carbocycles. The topological polar surface area (TPSA) is 63.5 Å². The number of furan rings is 1. The maximum absolute atomic E-state index is 10.6. The molecule has 154 valence electrons. The third-order valence-electron chi connectivity index (χ3n) is 6.07. The zero-order valence-electron chi connectivity index (χ0n) is 17.4. The number of fused-ring (bicyclic) bond motifs is 4. The smallest absolute Gasteiger partial charge is 0.230 e. The van der Waals surface area contributed by atoms with Crippen LogP contribution in [-0.4, -0.2) is 20.9 Å². The van der Waals surface area contributed by atoms with E-state index in [1.807, 2.05) is 24.3 Å². The highest BCUT2D eigenvalue weighted by atomic mass is 16.3. The van der Waals surface area contributed by atoms with Crippen molar-refractivity contribution in [2.24, 2.45) is 4.99 Å². The number of para-hydroxylation sites is 2. The number of aryl methyl sites for hydroxylation is 3. The molecule has 0 amide bonds. The number of aliphatic imine (C=N–C) groups is 1. The van der Waals surface area contributed by atoms with E-state index in [0.717, 1.165) is 72.0 Å². The second-order valence-corrected chi connectivity index (χ2v) is 8.10. The summed E-state index contributed by atoms with van der Waals surface area (Å²) in [6, 6.07) is 11.7. The van der Waals surface area contributed by atoms with Crippen LogP contribution in [0.3, 0.4) is 0 Å². The second kappa shape index (κ2) is 7.98. The van der Waals surface area contributed by atoms with E-state index in [2.05, 4.69) is 17.6 Å². The first-order chi connectivity index (χ1) is 14.8. The number of unbranched alkanes of at least 4 members (excludes halogenated alkanes) is 2. The van der Waals surface area contributed by atoms with Crippen molar-refractivity contribution in [1.82, 2.24) is 9.55 Å². The third kappa shape index (κ3) is 3.28. The molecule has 2 aromatic heterocycles. The SMILES string of the molecule is CCCCCn1c(/N=C/c2c(O)ccc3oc4c(c23)CCCC4)nc2ccccc21. The van der Waals surface area contributed by atoms with Crippen molar-refractivity contribution in [3.05, 3.63) is 53.3 Å². The number of hydrogen-bond acceptors (Lipinski definition) is 4. The van der Waals surface area contributed by atoms with Gasteiger partial charge in [-0.3, -0.25) is 0 Å². The molecular weight excluding hydrogens is 374 g/mol. The van der Waals surface area contributed by atoms with Gasteiger partial charge in [0, 0.05) is 35.7 Å². The summed E-state index contributed by atoms with van der Waals surface area (Å²) in [6.07, 6.45) is 9.47. The molecule has 5 rings (SSSR count). The van der Waals surface area contributed by atoms with E-state index in [1.165, 1.54) is 18.4 Å². The van der Waals surface area contributed by atoms with E-state index in [0.29, 0.717) is 5.95 Å². The quantitative estimate of drug-likeness (QED) is 0.304. The molecule has 0 spiro atoms. The predicted octanol–water partition coefficient (Wildman–Crippen LogP) is 6.31. The summed E-state index contributed by atoms with van der Waals surface area (Å²) < 4.78 is 8.27. The largest absolute Gasteiger partial charge is 0.507 e. The van der Waals surface area contributed by atoms with Gasteiger partial charge in [-0.2, -0.15) is 0 Å². The Bertz CT molecular complexity index is 1230. The maximum Gasteiger partial charge on any atom is 0.230 e. The van der Waals surface area contributed by atoms with Crippen LogP contribution < -0.4 is 0 Å². The Morgan fingerprint density at radius 3 is 2.90 bits per heavy atom. The van der Waals surface area contributed by atoms with Crippen LogP contribution in [0, 0.1) is 0 Å². The molecule has 0 radical (unpaired) electrons. The van der Waals surface area contributed by atoms with Crippen molar-refractivity contribution in [1.29, 1.82) is 0 Å². The lowest BCUT2D eigenvalue weighted by atomic mass is 9.94. The number of hydrogen-bond donors (Lipinski definition) is 1. The molecular formula is C25H27N3O2. The normalized spacial score (nSPS) is 14.2. The van der Waals surface area contributed by atoms with Gasteiger partial charge >= 0.3 is 0 Å². The van der Waals surface area contributed by atoms with Crippen LogP contribution in [-0.2, 0) is 19.4 Å². The molecule has 0 saturated heterocycles. The molecule has 0 fully saturated rings. The van der Waals surface area contributed by atoms with Crippen molar-refractivity contribution < 1.29 is 9.52 Å². The number of phenols is 1. The standard InChI is InChI=1S/C25H27N3O2/c1-2-3-8-15-28-20-11-6-5-10-19(20)27-25(28)26-16-18-21(29)13-14-23-24(18)17-9-4-7-12-22(17)30-23/h5-6,10-11,13-14,16,29H,2-4,7-9,12,15H2,1H3/b26-16+. The number of aromatic hydroxyl groups is 1. The van der Waals surface area contributed by atoms with Gasteiger partial charge in [-0.1, -0.05) is 31.9 Å². The Kier molecular flexibility index (Phi) is 5.03. The average molecular weight is 402 g/mol. The van der Waals surface area contributed by atoms with Gasteiger partial charge in [-0.25, -0.2) is 9.98 Å². The predicted molar refractivity (Wildman–Crippen MR) is 121 cm³/mol. The summed E-state index contributed by atoms with van der Waals surface area (Å²) >= 11 is 0. The fourth-order valence-corrected chi connectivity index (χ4v) is 4.53. The highest BCUT2D eigenvalue weighted by Gasteiger charge is 2.21. The first-order valence-corrected chi connectivity index (χ1v) is 11.0. The van der Waals surface area contributed by atoms with E-state index >= 15 is 0 Å². The number of rotatable bonds is 6. The van der Waals surface area contributed by atoms with Gasteiger partial charge in [0.15, 0.2) is 0 Å². The Labute approximate surface area is 176 Å². The number of nitrogens with zero attached hydrogens (tertiary/aromatic N) is 3. The average Bonchev–Trinajstić information content (AvgIpc) is 3.32. The molecule has 2 heterocycles. The summed E-state index contributed by atoms with van der Waals surface area (Å²) in [7, 11) is 0. The van der Waals surface area contributed by atoms with Crippen LogP contribution in [0.5, 0.6) is 5.75 Å². The molecule has 1 aliphatic rings. The van der Waals surface area contributed by atoms with Gasteiger partial charge in [-0.05, 0) is 49.9 Å². The van der Waals surface area contributed by atoms with E-state index in [1.54, 1.807) is 12.3 Å². The molecule has 0 unspecified atom stereocenters. The van der Waals surface area contributed by atoms with Gasteiger partial charge in [-0.15, -0.1) is 0 Å². The number of benzene rings is 2. The number of imidazole rings is 1. The van der Waals surface area contributed by atoms with Crippen LogP contribution in [0.4, 0.5) is 5.95 Å². The van der Waals surface area contributed by atoms with Crippen molar-refractivity contribution in [3.63, 3.8) is 0 Å². The van der Waals surface area contributed by atoms with E-state index in [9.17, 15) is 5.11 Å². The van der Waals surface area contributed by atoms with Crippen LogP contribution in [0.2, 0.25) is 0 Å². The lowest BCUT2D eigenvalue weighted by Gasteiger charge is -2.10. The minimum absolute atomic E-state index is 0.231. The molecule has 0 aliphatic heterocycles. The van der Waals surface area contributed by atoms with Crippen molar-refractivity contribution in [2.75, 3.05) is 0 Å². The minimum atomic E-state index is 0.231. The van der Waals surface area contributed by atoms with Gasteiger partial charge in [0.05, 0.1) is 11.0 Å². The Morgan fingerprint density at radius 2 is 2.00 bits per heavy atom. The summed E-state index contributed by atoms with van der Waals surface area (Å²) in [5, 5.41) is 11.6. The van der Waals surface area contributed by atoms with Crippen LogP contribution >= 0.6 is 0 Å². The minimum Gasteiger partial charge on any atom is -0.507 e. The zero-order chi connectivity index (χ0) is 20.5. The molecule has 4 aromatic rings. The lowest BCUT2D eigenvalue weighted by Crippen LogP contribution is -2.00. The first-order valence-electron chi connectivity index (χ1n) is 11.0. The fraction of sp³-hybridized carbons (Fsp3) is 0.360. The van der Waals surface area contributed by atoms with Crippen molar-refractivity contribution in [3.8, 4) is 5.75 Å². The fourth-order valence-electron chi connectivity index (χ4n) is 4.53. The van der Waals surface area contributed by atoms with Crippen LogP contribution in [0.1, 0.15) is 55.9 Å². The molecule has 0 bridgehead atoms. The highest BCUT2D eigenvalue weighted by molar-refractivity contribution is 6.03. The summed E-state index contributed by atoms with van der Waals surface area (Å²) in [6.45, 7) is 3.10. The summed E-state index contributed by atoms with van der Waals surface area (Å²) in [5.74, 6) is 1.97. The van der Waals surface area contributed by atoms with Gasteiger partial charge in [0.2, 0.25) is 5.95 Å². The zero-order valence-corrected chi connectivity index (χ0v) is 17.4. The second-order valence-electron chi connectivity index (χ2n) is 8.10. The lowest BCUT2D eigenvalue weighted by molar-refractivity contribution is 0.474.